The van der Waals surface area contributed by atoms with Crippen molar-refractivity contribution in [1.82, 2.24) is 0 Å². The average Bonchev–Trinajstić information content (AvgIpc) is 2.16. The van der Waals surface area contributed by atoms with E-state index in [-0.39, 0.29) is 28.4 Å². The average molecular weight is 331 g/mol. The zero-order chi connectivity index (χ0) is 15.7. The molecule has 0 aromatic heterocycles. The number of nitrogens with two attached hydrogens (primary N) is 6. The van der Waals surface area contributed by atoms with Crippen molar-refractivity contribution < 1.29 is 26.7 Å². The Kier molecular flexibility index (Phi) is 38.1. The largest absolute Gasteiger partial charge is 2.00 e. The molecule has 0 aromatic rings. The third-order valence-electron chi connectivity index (χ3n) is 0.298. The summed E-state index contributed by atoms with van der Waals surface area (Å²) in [4.78, 5) is 16.5. The standard InChI is InChI=1S/2CH6N4.2NO3.Ni/c2*2-1(3)5-4;2*2-1(3)4;/h2*4H2,(H4,2,3,5);;;/q;;2*-1;+2. The maximum absolute atomic E-state index is 8.25. The molecule has 17 heteroatoms. The van der Waals surface area contributed by atoms with Crippen LogP contribution in [0.2, 0.25) is 0 Å². The van der Waals surface area contributed by atoms with E-state index in [2.05, 4.69) is 21.9 Å². The summed E-state index contributed by atoms with van der Waals surface area (Å²) >= 11 is 0. The smallest absolute Gasteiger partial charge is 0.369 e. The normalized spacial score (nSPS) is 5.89. The van der Waals surface area contributed by atoms with Gasteiger partial charge in [0.2, 0.25) is 11.9 Å². The third-order valence-corrected chi connectivity index (χ3v) is 0.298. The molecule has 12 N–H and O–H groups in total. The number of hydrogen-bond acceptors (Lipinski definition) is 10. The number of hydrazone groups is 2. The predicted molar refractivity (Wildman–Crippen MR) is 60.7 cm³/mol. The fourth-order valence-electron chi connectivity index (χ4n) is 0. The van der Waals surface area contributed by atoms with Gasteiger partial charge in [-0.3, -0.25) is 0 Å². The van der Waals surface area contributed by atoms with Crippen LogP contribution in [0.3, 0.4) is 0 Å². The van der Waals surface area contributed by atoms with Crippen LogP contribution in [0.1, 0.15) is 0 Å². The quantitative estimate of drug-likeness (QED) is 0.0613. The molecule has 116 valence electrons. The number of hydrogen-bond donors (Lipinski definition) is 6. The van der Waals surface area contributed by atoms with E-state index in [0.29, 0.717) is 0 Å². The number of nitrogens with zero attached hydrogens (tertiary/aromatic N) is 4. The van der Waals surface area contributed by atoms with Gasteiger partial charge in [-0.15, -0.1) is 10.2 Å². The van der Waals surface area contributed by atoms with Crippen LogP contribution in [-0.2, 0) is 16.5 Å². The van der Waals surface area contributed by atoms with Gasteiger partial charge in [0.25, 0.3) is 0 Å². The molecule has 0 radical (unpaired) electrons. The molecule has 16 nitrogen and oxygen atoms in total. The van der Waals surface area contributed by atoms with Gasteiger partial charge in [0.1, 0.15) is 0 Å². The first-order valence-corrected chi connectivity index (χ1v) is 3.21. The monoisotopic (exact) mass is 330 g/mol. The molecule has 0 fully saturated rings. The number of guanidine groups is 2. The molecular formula is C2H12N10NiO6. The first kappa shape index (κ1) is 29.8. The predicted octanol–water partition coefficient (Wildman–Crippen LogP) is -4.21. The summed E-state index contributed by atoms with van der Waals surface area (Å²) in [7, 11) is 0. The van der Waals surface area contributed by atoms with Crippen molar-refractivity contribution in [3.63, 3.8) is 0 Å². The molecule has 0 spiro atoms. The Balaban J connectivity index is -0.0000000453. The maximum Gasteiger partial charge on any atom is 2.00 e. The van der Waals surface area contributed by atoms with Crippen LogP contribution in [0.15, 0.2) is 10.2 Å². The van der Waals surface area contributed by atoms with Crippen molar-refractivity contribution in [3.05, 3.63) is 30.6 Å². The van der Waals surface area contributed by atoms with Gasteiger partial charge < -0.3 is 65.3 Å². The summed E-state index contributed by atoms with van der Waals surface area (Å²) < 4.78 is 0. The molecule has 0 aliphatic rings. The van der Waals surface area contributed by atoms with Crippen molar-refractivity contribution in [1.29, 1.82) is 0 Å². The molecule has 0 bridgehead atoms. The maximum atomic E-state index is 8.25. The Hall–Kier alpha value is -2.97. The molecule has 0 aliphatic carbocycles. The van der Waals surface area contributed by atoms with E-state index in [4.69, 9.17) is 53.6 Å². The Bertz CT molecular complexity index is 235. The van der Waals surface area contributed by atoms with E-state index in [1.54, 1.807) is 0 Å². The minimum absolute atomic E-state index is 0. The third kappa shape index (κ3) is 2390. The second-order valence-electron chi connectivity index (χ2n) is 1.56. The molecular weight excluding hydrogens is 319 g/mol. The summed E-state index contributed by atoms with van der Waals surface area (Å²) in [5.41, 5.74) is 18.8. The zero-order valence-corrected chi connectivity index (χ0v) is 10.0. The molecule has 0 saturated heterocycles. The Morgan fingerprint density at radius 3 is 0.789 bits per heavy atom. The topological polar surface area (TPSA) is 313 Å². The molecule has 0 saturated carbocycles. The van der Waals surface area contributed by atoms with Crippen molar-refractivity contribution in [2.45, 2.75) is 0 Å². The van der Waals surface area contributed by atoms with Gasteiger partial charge in [-0.1, -0.05) is 0 Å². The van der Waals surface area contributed by atoms with E-state index in [1.807, 2.05) is 0 Å². The van der Waals surface area contributed by atoms with Gasteiger partial charge in [0.05, 0.1) is 10.2 Å². The summed E-state index contributed by atoms with van der Waals surface area (Å²) in [5, 5.41) is 35.2. The molecule has 0 aliphatic heterocycles. The van der Waals surface area contributed by atoms with Crippen LogP contribution in [0, 0.1) is 30.6 Å². The summed E-state index contributed by atoms with van der Waals surface area (Å²) in [6.45, 7) is 0. The van der Waals surface area contributed by atoms with Gasteiger partial charge in [-0.2, -0.15) is 0 Å². The minimum atomic E-state index is -1.75. The van der Waals surface area contributed by atoms with Gasteiger partial charge >= 0.3 is 16.5 Å². The van der Waals surface area contributed by atoms with E-state index in [9.17, 15) is 0 Å². The molecule has 0 aromatic carbocycles. The Morgan fingerprint density at radius 1 is 0.737 bits per heavy atom. The van der Waals surface area contributed by atoms with Crippen LogP contribution >= 0.6 is 0 Å². The number of rotatable bonds is 0. The van der Waals surface area contributed by atoms with Crippen LogP contribution in [0.5, 0.6) is 0 Å². The first-order valence-electron chi connectivity index (χ1n) is 3.21. The molecule has 19 heavy (non-hydrogen) atoms. The van der Waals surface area contributed by atoms with Crippen LogP contribution in [0.25, 0.3) is 0 Å². The van der Waals surface area contributed by atoms with Crippen LogP contribution in [0.4, 0.5) is 0 Å². The van der Waals surface area contributed by atoms with E-state index in [1.165, 1.54) is 0 Å². The van der Waals surface area contributed by atoms with E-state index < -0.39 is 10.2 Å². The van der Waals surface area contributed by atoms with Crippen molar-refractivity contribution in [3.8, 4) is 0 Å². The molecule has 0 amide bonds. The second kappa shape index (κ2) is 24.3. The van der Waals surface area contributed by atoms with Crippen LogP contribution in [-0.4, -0.2) is 22.1 Å². The fourth-order valence-corrected chi connectivity index (χ4v) is 0. The van der Waals surface area contributed by atoms with Gasteiger partial charge in [-0.05, 0) is 0 Å². The Morgan fingerprint density at radius 2 is 0.789 bits per heavy atom. The van der Waals surface area contributed by atoms with Crippen LogP contribution < -0.4 is 34.6 Å². The van der Waals surface area contributed by atoms with Crippen molar-refractivity contribution in [2.24, 2.45) is 44.8 Å². The SMILES string of the molecule is NN=C(N)N.NN=C(N)N.O=[N+]([O-])[O-].O=[N+]([O-])[O-].[Ni+2]. The van der Waals surface area contributed by atoms with Gasteiger partial charge in [-0.25, -0.2) is 0 Å². The van der Waals surface area contributed by atoms with E-state index in [0.717, 1.165) is 0 Å². The minimum Gasteiger partial charge on any atom is -0.369 e. The Labute approximate surface area is 115 Å². The summed E-state index contributed by atoms with van der Waals surface area (Å²) in [6, 6.07) is 0. The van der Waals surface area contributed by atoms with Gasteiger partial charge in [0.15, 0.2) is 0 Å². The first-order chi connectivity index (χ1) is 8.00. The van der Waals surface area contributed by atoms with Gasteiger partial charge in [0, 0.05) is 0 Å². The molecule has 0 rings (SSSR count). The van der Waals surface area contributed by atoms with Crippen molar-refractivity contribution >= 4 is 11.9 Å². The summed E-state index contributed by atoms with van der Waals surface area (Å²) in [5.74, 6) is 8.83. The fraction of sp³-hybridized carbons (Fsp3) is 0. The zero-order valence-electron chi connectivity index (χ0n) is 9.02. The second-order valence-corrected chi connectivity index (χ2v) is 1.56. The summed E-state index contributed by atoms with van der Waals surface area (Å²) in [6.07, 6.45) is 0. The van der Waals surface area contributed by atoms with E-state index >= 15 is 0 Å². The van der Waals surface area contributed by atoms with Crippen molar-refractivity contribution in [2.75, 3.05) is 0 Å². The molecule has 0 atom stereocenters. The molecule has 0 unspecified atom stereocenters. The molecule has 0 heterocycles.